The Kier molecular flexibility index (Phi) is 2.90. The molecule has 11 heavy (non-hydrogen) atoms. The maximum Gasteiger partial charge on any atom is 0.0194 e. The molecule has 0 spiro atoms. The molecule has 66 valence electrons. The summed E-state index contributed by atoms with van der Waals surface area (Å²) in [7, 11) is 0. The second-order valence-corrected chi connectivity index (χ2v) is 4.10. The van der Waals surface area contributed by atoms with Gasteiger partial charge in [-0.25, -0.2) is 0 Å². The Balaban J connectivity index is 2.40. The van der Waals surface area contributed by atoms with Crippen molar-refractivity contribution < 1.29 is 0 Å². The molecule has 0 aromatic carbocycles. The molecule has 0 aromatic rings. The molecule has 3 atom stereocenters. The molecule has 1 saturated heterocycles. The summed E-state index contributed by atoms with van der Waals surface area (Å²) in [6, 6.07) is 0.862. The SMILES string of the molecule is CC(C)C1CNC(C)C(N)C1. The van der Waals surface area contributed by atoms with Gasteiger partial charge in [-0.05, 0) is 31.7 Å². The van der Waals surface area contributed by atoms with Gasteiger partial charge < -0.3 is 11.1 Å². The Labute approximate surface area is 69.5 Å². The molecule has 2 nitrogen and oxygen atoms in total. The topological polar surface area (TPSA) is 38.0 Å². The maximum atomic E-state index is 5.94. The van der Waals surface area contributed by atoms with Gasteiger partial charge in [0.15, 0.2) is 0 Å². The van der Waals surface area contributed by atoms with E-state index < -0.39 is 0 Å². The molecule has 1 aliphatic rings. The van der Waals surface area contributed by atoms with E-state index in [1.807, 2.05) is 0 Å². The normalized spacial score (nSPS) is 39.5. The Morgan fingerprint density at radius 3 is 2.55 bits per heavy atom. The lowest BCUT2D eigenvalue weighted by atomic mass is 9.84. The Bertz CT molecular complexity index is 123. The molecule has 0 bridgehead atoms. The fourth-order valence-electron chi connectivity index (χ4n) is 1.63. The highest BCUT2D eigenvalue weighted by Gasteiger charge is 2.25. The fourth-order valence-corrected chi connectivity index (χ4v) is 1.63. The molecule has 1 rings (SSSR count). The van der Waals surface area contributed by atoms with Crippen LogP contribution in [0.25, 0.3) is 0 Å². The monoisotopic (exact) mass is 156 g/mol. The van der Waals surface area contributed by atoms with Crippen LogP contribution in [0.3, 0.4) is 0 Å². The van der Waals surface area contributed by atoms with Crippen molar-refractivity contribution in [1.29, 1.82) is 0 Å². The average Bonchev–Trinajstić information content (AvgIpc) is 1.94. The molecule has 1 aliphatic heterocycles. The van der Waals surface area contributed by atoms with Crippen LogP contribution in [0.4, 0.5) is 0 Å². The first-order chi connectivity index (χ1) is 5.11. The zero-order valence-corrected chi connectivity index (χ0v) is 7.80. The second kappa shape index (κ2) is 3.55. The molecular formula is C9H20N2. The zero-order chi connectivity index (χ0) is 8.43. The van der Waals surface area contributed by atoms with Gasteiger partial charge in [-0.2, -0.15) is 0 Å². The predicted octanol–water partition coefficient (Wildman–Crippen LogP) is 0.968. The molecule has 0 aliphatic carbocycles. The quantitative estimate of drug-likeness (QED) is 0.593. The van der Waals surface area contributed by atoms with Crippen LogP contribution < -0.4 is 11.1 Å². The van der Waals surface area contributed by atoms with Crippen LogP contribution >= 0.6 is 0 Å². The van der Waals surface area contributed by atoms with Gasteiger partial charge >= 0.3 is 0 Å². The molecule has 0 aromatic heterocycles. The van der Waals surface area contributed by atoms with Crippen LogP contribution in [0.1, 0.15) is 27.2 Å². The van der Waals surface area contributed by atoms with Crippen LogP contribution in [-0.2, 0) is 0 Å². The number of hydrogen-bond acceptors (Lipinski definition) is 2. The summed E-state index contributed by atoms with van der Waals surface area (Å²) in [6.07, 6.45) is 1.19. The van der Waals surface area contributed by atoms with E-state index in [4.69, 9.17) is 5.73 Å². The van der Waals surface area contributed by atoms with Gasteiger partial charge in [0.25, 0.3) is 0 Å². The molecular weight excluding hydrogens is 136 g/mol. The van der Waals surface area contributed by atoms with Crippen molar-refractivity contribution in [2.45, 2.75) is 39.3 Å². The van der Waals surface area contributed by atoms with E-state index in [-0.39, 0.29) is 0 Å². The highest BCUT2D eigenvalue weighted by Crippen LogP contribution is 2.20. The van der Waals surface area contributed by atoms with Gasteiger partial charge in [0.2, 0.25) is 0 Å². The van der Waals surface area contributed by atoms with Crippen LogP contribution in [0.15, 0.2) is 0 Å². The number of nitrogens with two attached hydrogens (primary N) is 1. The first kappa shape index (κ1) is 9.01. The van der Waals surface area contributed by atoms with Crippen molar-refractivity contribution >= 4 is 0 Å². The third-order valence-corrected chi connectivity index (χ3v) is 2.86. The van der Waals surface area contributed by atoms with Gasteiger partial charge in [0.1, 0.15) is 0 Å². The van der Waals surface area contributed by atoms with Crippen molar-refractivity contribution in [2.75, 3.05) is 6.54 Å². The summed E-state index contributed by atoms with van der Waals surface area (Å²) in [5, 5.41) is 3.44. The van der Waals surface area contributed by atoms with Crippen molar-refractivity contribution in [1.82, 2.24) is 5.32 Å². The van der Waals surface area contributed by atoms with Crippen LogP contribution in [0.2, 0.25) is 0 Å². The van der Waals surface area contributed by atoms with Gasteiger partial charge in [0, 0.05) is 12.1 Å². The Hall–Kier alpha value is -0.0800. The molecule has 0 amide bonds. The van der Waals surface area contributed by atoms with E-state index in [0.717, 1.165) is 18.4 Å². The molecule has 1 fully saturated rings. The van der Waals surface area contributed by atoms with Crippen LogP contribution in [0.5, 0.6) is 0 Å². The fraction of sp³-hybridized carbons (Fsp3) is 1.00. The van der Waals surface area contributed by atoms with Crippen molar-refractivity contribution in [3.05, 3.63) is 0 Å². The van der Waals surface area contributed by atoms with Crippen LogP contribution in [0, 0.1) is 11.8 Å². The van der Waals surface area contributed by atoms with E-state index in [1.54, 1.807) is 0 Å². The van der Waals surface area contributed by atoms with Crippen molar-refractivity contribution in [2.24, 2.45) is 17.6 Å². The number of rotatable bonds is 1. The molecule has 0 saturated carbocycles. The summed E-state index contributed by atoms with van der Waals surface area (Å²) < 4.78 is 0. The Morgan fingerprint density at radius 1 is 1.45 bits per heavy atom. The van der Waals surface area contributed by atoms with E-state index in [9.17, 15) is 0 Å². The first-order valence-electron chi connectivity index (χ1n) is 4.60. The lowest BCUT2D eigenvalue weighted by Crippen LogP contribution is -2.51. The van der Waals surface area contributed by atoms with Crippen molar-refractivity contribution in [3.8, 4) is 0 Å². The number of piperidine rings is 1. The lowest BCUT2D eigenvalue weighted by molar-refractivity contribution is 0.235. The zero-order valence-electron chi connectivity index (χ0n) is 7.80. The predicted molar refractivity (Wildman–Crippen MR) is 48.4 cm³/mol. The van der Waals surface area contributed by atoms with Gasteiger partial charge in [-0.3, -0.25) is 0 Å². The molecule has 3 N–H and O–H groups in total. The first-order valence-corrected chi connectivity index (χ1v) is 4.60. The van der Waals surface area contributed by atoms with Crippen LogP contribution in [-0.4, -0.2) is 18.6 Å². The molecule has 2 heteroatoms. The third kappa shape index (κ3) is 2.17. The molecule has 1 heterocycles. The molecule has 0 radical (unpaired) electrons. The summed E-state index contributed by atoms with van der Waals surface area (Å²) in [5.74, 6) is 1.54. The minimum Gasteiger partial charge on any atom is -0.326 e. The second-order valence-electron chi connectivity index (χ2n) is 4.10. The smallest absolute Gasteiger partial charge is 0.0194 e. The average molecular weight is 156 g/mol. The van der Waals surface area contributed by atoms with Gasteiger partial charge in [0.05, 0.1) is 0 Å². The molecule has 3 unspecified atom stereocenters. The van der Waals surface area contributed by atoms with Gasteiger partial charge in [-0.1, -0.05) is 13.8 Å². The summed E-state index contributed by atoms with van der Waals surface area (Å²) in [4.78, 5) is 0. The van der Waals surface area contributed by atoms with E-state index in [1.165, 1.54) is 6.42 Å². The highest BCUT2D eigenvalue weighted by molar-refractivity contribution is 4.85. The maximum absolute atomic E-state index is 5.94. The van der Waals surface area contributed by atoms with E-state index in [2.05, 4.69) is 26.1 Å². The summed E-state index contributed by atoms with van der Waals surface area (Å²) in [5.41, 5.74) is 5.94. The standard InChI is InChI=1S/C9H20N2/c1-6(2)8-4-9(10)7(3)11-5-8/h6-9,11H,4-5,10H2,1-3H3. The largest absolute Gasteiger partial charge is 0.326 e. The summed E-state index contributed by atoms with van der Waals surface area (Å²) >= 11 is 0. The minimum atomic E-state index is 0.358. The lowest BCUT2D eigenvalue weighted by Gasteiger charge is -2.35. The minimum absolute atomic E-state index is 0.358. The third-order valence-electron chi connectivity index (χ3n) is 2.86. The van der Waals surface area contributed by atoms with E-state index >= 15 is 0 Å². The number of hydrogen-bond donors (Lipinski definition) is 2. The summed E-state index contributed by atoms with van der Waals surface area (Å²) in [6.45, 7) is 7.86. The van der Waals surface area contributed by atoms with Crippen molar-refractivity contribution in [3.63, 3.8) is 0 Å². The number of nitrogens with one attached hydrogen (secondary N) is 1. The van der Waals surface area contributed by atoms with E-state index in [0.29, 0.717) is 12.1 Å². The highest BCUT2D eigenvalue weighted by atomic mass is 15.0. The van der Waals surface area contributed by atoms with Gasteiger partial charge in [-0.15, -0.1) is 0 Å². The Morgan fingerprint density at radius 2 is 2.09 bits per heavy atom.